The summed E-state index contributed by atoms with van der Waals surface area (Å²) in [5.74, 6) is 0. The molecule has 0 N–H and O–H groups in total. The van der Waals surface area contributed by atoms with Crippen LogP contribution in [-0.2, 0) is 0 Å². The van der Waals surface area contributed by atoms with Gasteiger partial charge in [-0.3, -0.25) is 0 Å². The van der Waals surface area contributed by atoms with Gasteiger partial charge in [0.25, 0.3) is 0 Å². The van der Waals surface area contributed by atoms with Crippen LogP contribution in [0.4, 0.5) is 0 Å². The Hall–Kier alpha value is 0.1000. The van der Waals surface area contributed by atoms with E-state index in [1.807, 2.05) is 57.8 Å². The molecule has 0 aliphatic rings. The molecule has 2 aromatic rings. The van der Waals surface area contributed by atoms with Gasteiger partial charge in [0, 0.05) is 0 Å². The first-order valence-corrected chi connectivity index (χ1v) is 8.22. The van der Waals surface area contributed by atoms with Gasteiger partial charge in [-0.05, 0) is 35.4 Å². The predicted molar refractivity (Wildman–Crippen MR) is 72.2 cm³/mol. The minimum Gasteiger partial charge on any atom is -0.152 e. The molecule has 0 nitrogen and oxygen atoms in total. The quantitative estimate of drug-likeness (QED) is 0.701. The molecule has 2 aromatic heterocycles. The number of thiophene rings is 2. The molecule has 0 atom stereocenters. The molecular weight excluding hydrogens is 248 g/mol. The van der Waals surface area contributed by atoms with Gasteiger partial charge < -0.3 is 0 Å². The van der Waals surface area contributed by atoms with Crippen molar-refractivity contribution in [2.75, 3.05) is 12.5 Å². The van der Waals surface area contributed by atoms with Gasteiger partial charge in [-0.25, -0.2) is 0 Å². The first-order valence-electron chi connectivity index (χ1n) is 4.02. The van der Waals surface area contributed by atoms with Crippen LogP contribution in [0.2, 0.25) is 0 Å². The van der Waals surface area contributed by atoms with Crippen molar-refractivity contribution < 1.29 is 0 Å². The highest BCUT2D eigenvalue weighted by Gasteiger charge is 1.94. The lowest BCUT2D eigenvalue weighted by atomic mass is 10.7. The number of hydrogen-bond donors (Lipinski definition) is 0. The zero-order valence-corrected chi connectivity index (χ0v) is 11.4. The Kier molecular flexibility index (Phi) is 6.43. The largest absolute Gasteiger partial charge is 0.152 e. The molecule has 0 aliphatic carbocycles. The molecule has 2 rings (SSSR count). The first-order chi connectivity index (χ1) is 6.86. The van der Waals surface area contributed by atoms with Crippen LogP contribution in [0, 0.1) is 0 Å². The van der Waals surface area contributed by atoms with Crippen molar-refractivity contribution in [3.05, 3.63) is 35.0 Å². The van der Waals surface area contributed by atoms with Crippen LogP contribution in [-0.4, -0.2) is 12.5 Å². The van der Waals surface area contributed by atoms with Crippen molar-refractivity contribution in [2.45, 2.75) is 8.42 Å². The molecule has 4 heteroatoms. The third-order valence-electron chi connectivity index (χ3n) is 1.38. The molecular formula is C10H12S4. The van der Waals surface area contributed by atoms with E-state index in [2.05, 4.69) is 24.6 Å². The summed E-state index contributed by atoms with van der Waals surface area (Å²) in [7, 11) is 0. The van der Waals surface area contributed by atoms with Gasteiger partial charge >= 0.3 is 0 Å². The molecule has 0 saturated carbocycles. The van der Waals surface area contributed by atoms with Crippen LogP contribution in [0.15, 0.2) is 43.4 Å². The normalized spacial score (nSPS) is 9.29. The van der Waals surface area contributed by atoms with Crippen molar-refractivity contribution >= 4 is 46.2 Å². The van der Waals surface area contributed by atoms with E-state index in [1.165, 1.54) is 8.42 Å². The topological polar surface area (TPSA) is 0 Å². The summed E-state index contributed by atoms with van der Waals surface area (Å²) in [6.07, 6.45) is 4.21. The highest BCUT2D eigenvalue weighted by atomic mass is 32.2. The molecule has 0 bridgehead atoms. The predicted octanol–water partition coefficient (Wildman–Crippen LogP) is 4.94. The summed E-state index contributed by atoms with van der Waals surface area (Å²) < 4.78 is 2.80. The molecule has 2 heterocycles. The second-order valence-corrected chi connectivity index (χ2v) is 6.39. The highest BCUT2D eigenvalue weighted by Crippen LogP contribution is 2.30. The Morgan fingerprint density at radius 2 is 1.43 bits per heavy atom. The van der Waals surface area contributed by atoms with E-state index in [0.717, 1.165) is 0 Å². The summed E-state index contributed by atoms with van der Waals surface area (Å²) in [6, 6.07) is 8.37. The number of thioether (sulfide) groups is 2. The fourth-order valence-electron chi connectivity index (χ4n) is 0.749. The van der Waals surface area contributed by atoms with Crippen molar-refractivity contribution in [1.29, 1.82) is 0 Å². The van der Waals surface area contributed by atoms with Crippen molar-refractivity contribution in [3.8, 4) is 0 Å². The van der Waals surface area contributed by atoms with Gasteiger partial charge in [0.05, 0.1) is 8.42 Å². The van der Waals surface area contributed by atoms with E-state index in [-0.39, 0.29) is 0 Å². The molecule has 0 aliphatic heterocycles. The van der Waals surface area contributed by atoms with Gasteiger partial charge in [0.2, 0.25) is 0 Å². The van der Waals surface area contributed by atoms with Crippen molar-refractivity contribution in [2.24, 2.45) is 0 Å². The second kappa shape index (κ2) is 7.40. The Morgan fingerprint density at radius 1 is 0.929 bits per heavy atom. The van der Waals surface area contributed by atoms with E-state index in [9.17, 15) is 0 Å². The van der Waals surface area contributed by atoms with Crippen LogP contribution in [0.5, 0.6) is 0 Å². The maximum atomic E-state index is 2.17. The summed E-state index contributed by atoms with van der Waals surface area (Å²) in [4.78, 5) is 0. The monoisotopic (exact) mass is 260 g/mol. The van der Waals surface area contributed by atoms with Gasteiger partial charge in [-0.2, -0.15) is 11.3 Å². The zero-order valence-electron chi connectivity index (χ0n) is 8.10. The van der Waals surface area contributed by atoms with Gasteiger partial charge in [0.1, 0.15) is 0 Å². The molecule has 0 saturated heterocycles. The maximum Gasteiger partial charge on any atom is 0.0607 e. The Labute approximate surface area is 102 Å². The first kappa shape index (κ1) is 12.2. The zero-order chi connectivity index (χ0) is 10.2. The third kappa shape index (κ3) is 4.55. The average Bonchev–Trinajstić information content (AvgIpc) is 2.92. The molecule has 0 radical (unpaired) electrons. The van der Waals surface area contributed by atoms with Crippen LogP contribution in [0.3, 0.4) is 0 Å². The minimum absolute atomic E-state index is 1.40. The summed E-state index contributed by atoms with van der Waals surface area (Å²) >= 11 is 7.19. The molecule has 0 fully saturated rings. The number of hydrogen-bond acceptors (Lipinski definition) is 4. The summed E-state index contributed by atoms with van der Waals surface area (Å²) in [5, 5.41) is 4.08. The number of rotatable bonds is 2. The Bertz CT molecular complexity index is 288. The van der Waals surface area contributed by atoms with E-state index < -0.39 is 0 Å². The van der Waals surface area contributed by atoms with E-state index >= 15 is 0 Å². The van der Waals surface area contributed by atoms with Crippen LogP contribution in [0.1, 0.15) is 0 Å². The van der Waals surface area contributed by atoms with Crippen LogP contribution < -0.4 is 0 Å². The Balaban J connectivity index is 0.000000165. The lowest BCUT2D eigenvalue weighted by molar-refractivity contribution is 1.69. The fourth-order valence-corrected chi connectivity index (χ4v) is 3.45. The van der Waals surface area contributed by atoms with E-state index in [0.29, 0.717) is 0 Å². The molecule has 0 aromatic carbocycles. The van der Waals surface area contributed by atoms with Crippen LogP contribution >= 0.6 is 46.2 Å². The lowest BCUT2D eigenvalue weighted by Crippen LogP contribution is -1.47. The maximum absolute atomic E-state index is 2.17. The van der Waals surface area contributed by atoms with E-state index in [4.69, 9.17) is 0 Å². The average molecular weight is 260 g/mol. The summed E-state index contributed by atoms with van der Waals surface area (Å²) in [6.45, 7) is 0. The lowest BCUT2D eigenvalue weighted by Gasteiger charge is -1.83. The molecule has 0 unspecified atom stereocenters. The van der Waals surface area contributed by atoms with Crippen LogP contribution in [0.25, 0.3) is 0 Å². The van der Waals surface area contributed by atoms with Gasteiger partial charge in [0.15, 0.2) is 0 Å². The second-order valence-electron chi connectivity index (χ2n) is 2.27. The summed E-state index contributed by atoms with van der Waals surface area (Å²) in [5.41, 5.74) is 0. The SMILES string of the molecule is CSc1ccc(SC)s1.c1ccsc1. The smallest absolute Gasteiger partial charge is 0.0607 e. The molecule has 76 valence electrons. The molecule has 0 spiro atoms. The highest BCUT2D eigenvalue weighted by molar-refractivity contribution is 8.02. The minimum atomic E-state index is 1.40. The molecule has 14 heavy (non-hydrogen) atoms. The molecule has 0 amide bonds. The standard InChI is InChI=1S/C6H8S3.C4H4S/c1-7-5-3-4-6(8-2)9-5;1-2-4-5-3-1/h3-4H,1-2H3;1-4H. The third-order valence-corrected chi connectivity index (χ3v) is 5.26. The van der Waals surface area contributed by atoms with Gasteiger partial charge in [-0.1, -0.05) is 12.1 Å². The Morgan fingerprint density at radius 3 is 1.64 bits per heavy atom. The van der Waals surface area contributed by atoms with E-state index in [1.54, 1.807) is 11.3 Å². The fraction of sp³-hybridized carbons (Fsp3) is 0.200. The van der Waals surface area contributed by atoms with Crippen molar-refractivity contribution in [1.82, 2.24) is 0 Å². The van der Waals surface area contributed by atoms with Crippen molar-refractivity contribution in [3.63, 3.8) is 0 Å². The van der Waals surface area contributed by atoms with Gasteiger partial charge in [-0.15, -0.1) is 34.9 Å².